The van der Waals surface area contributed by atoms with Crippen molar-refractivity contribution in [2.75, 3.05) is 32.6 Å². The summed E-state index contributed by atoms with van der Waals surface area (Å²) >= 11 is 0. The molecule has 0 radical (unpaired) electrons. The molecule has 1 amide bonds. The normalized spacial score (nSPS) is 12.1. The number of hydrogen-bond acceptors (Lipinski definition) is 3. The van der Waals surface area contributed by atoms with Crippen molar-refractivity contribution < 1.29 is 9.18 Å². The van der Waals surface area contributed by atoms with E-state index < -0.39 is 0 Å². The number of amides is 1. The number of rotatable bonds is 6. The second kappa shape index (κ2) is 7.09. The fourth-order valence-electron chi connectivity index (χ4n) is 2.01. The van der Waals surface area contributed by atoms with Crippen LogP contribution < -0.4 is 15.5 Å². The van der Waals surface area contributed by atoms with Crippen molar-refractivity contribution in [3.8, 4) is 0 Å². The maximum absolute atomic E-state index is 14.0. The van der Waals surface area contributed by atoms with E-state index in [1.54, 1.807) is 25.1 Å². The zero-order chi connectivity index (χ0) is 14.4. The minimum atomic E-state index is -0.264. The number of benzene rings is 1. The van der Waals surface area contributed by atoms with Crippen molar-refractivity contribution in [1.29, 1.82) is 0 Å². The Morgan fingerprint density at radius 2 is 2.11 bits per heavy atom. The molecule has 0 saturated heterocycles. The third-order valence-electron chi connectivity index (χ3n) is 3.05. The lowest BCUT2D eigenvalue weighted by Gasteiger charge is -2.23. The van der Waals surface area contributed by atoms with Crippen LogP contribution in [0.2, 0.25) is 0 Å². The van der Waals surface area contributed by atoms with Crippen molar-refractivity contribution in [1.82, 2.24) is 10.6 Å². The van der Waals surface area contributed by atoms with Gasteiger partial charge in [-0.05, 0) is 24.7 Å². The number of nitrogens with one attached hydrogen (secondary N) is 2. The van der Waals surface area contributed by atoms with Crippen molar-refractivity contribution in [3.63, 3.8) is 0 Å². The molecule has 1 atom stereocenters. The zero-order valence-corrected chi connectivity index (χ0v) is 12.0. The monoisotopic (exact) mass is 267 g/mol. The Hall–Kier alpha value is -1.62. The molecule has 0 fully saturated rings. The van der Waals surface area contributed by atoms with Gasteiger partial charge in [-0.25, -0.2) is 4.39 Å². The molecule has 1 aromatic carbocycles. The summed E-state index contributed by atoms with van der Waals surface area (Å²) in [7, 11) is 5.21. The molecule has 0 aromatic heterocycles. The molecule has 19 heavy (non-hydrogen) atoms. The molecule has 0 aliphatic rings. The van der Waals surface area contributed by atoms with Crippen LogP contribution in [-0.2, 0) is 11.3 Å². The Morgan fingerprint density at radius 1 is 1.42 bits per heavy atom. The summed E-state index contributed by atoms with van der Waals surface area (Å²) in [5.74, 6) is -0.496. The first-order valence-electron chi connectivity index (χ1n) is 6.35. The number of hydrogen-bond donors (Lipinski definition) is 2. The van der Waals surface area contributed by atoms with E-state index in [0.29, 0.717) is 18.8 Å². The first-order valence-corrected chi connectivity index (χ1v) is 6.35. The van der Waals surface area contributed by atoms with Crippen LogP contribution in [0.25, 0.3) is 0 Å². The molecular formula is C14H22FN3O. The van der Waals surface area contributed by atoms with Gasteiger partial charge in [-0.1, -0.05) is 13.0 Å². The Bertz CT molecular complexity index is 437. The predicted octanol–water partition coefficient (Wildman–Crippen LogP) is 1.36. The second-order valence-corrected chi connectivity index (χ2v) is 4.71. The maximum Gasteiger partial charge on any atom is 0.224 e. The van der Waals surface area contributed by atoms with Gasteiger partial charge in [0.1, 0.15) is 5.82 Å². The summed E-state index contributed by atoms with van der Waals surface area (Å²) < 4.78 is 14.0. The van der Waals surface area contributed by atoms with E-state index in [9.17, 15) is 9.18 Å². The number of carbonyl (C=O) groups excluding carboxylic acids is 1. The van der Waals surface area contributed by atoms with Crippen LogP contribution in [-0.4, -0.2) is 33.6 Å². The van der Waals surface area contributed by atoms with Crippen molar-refractivity contribution in [3.05, 3.63) is 29.6 Å². The Balaban J connectivity index is 2.76. The second-order valence-electron chi connectivity index (χ2n) is 4.71. The Labute approximate surface area is 114 Å². The summed E-state index contributed by atoms with van der Waals surface area (Å²) in [5, 5.41) is 5.58. The highest BCUT2D eigenvalue weighted by atomic mass is 19.1. The van der Waals surface area contributed by atoms with Crippen molar-refractivity contribution in [2.24, 2.45) is 5.92 Å². The van der Waals surface area contributed by atoms with Gasteiger partial charge in [0.25, 0.3) is 0 Å². The molecule has 4 nitrogen and oxygen atoms in total. The molecule has 0 spiro atoms. The highest BCUT2D eigenvalue weighted by Crippen LogP contribution is 2.20. The minimum absolute atomic E-state index is 0.0425. The molecule has 1 unspecified atom stereocenters. The number of halogens is 1. The lowest BCUT2D eigenvalue weighted by atomic mass is 10.1. The molecule has 0 aliphatic carbocycles. The van der Waals surface area contributed by atoms with Gasteiger partial charge in [-0.3, -0.25) is 4.79 Å². The SMILES string of the molecule is CNCc1ccc(N(C)CC(C)C(=O)NC)c(F)c1. The van der Waals surface area contributed by atoms with E-state index in [1.165, 1.54) is 6.07 Å². The lowest BCUT2D eigenvalue weighted by molar-refractivity contribution is -0.123. The van der Waals surface area contributed by atoms with Crippen LogP contribution in [0.4, 0.5) is 10.1 Å². The summed E-state index contributed by atoms with van der Waals surface area (Å²) in [6.45, 7) is 2.93. The van der Waals surface area contributed by atoms with Gasteiger partial charge < -0.3 is 15.5 Å². The lowest BCUT2D eigenvalue weighted by Crippen LogP contribution is -2.34. The molecule has 0 heterocycles. The van der Waals surface area contributed by atoms with Crippen LogP contribution in [0.15, 0.2) is 18.2 Å². The quantitative estimate of drug-likeness (QED) is 0.818. The van der Waals surface area contributed by atoms with Crippen LogP contribution in [0, 0.1) is 11.7 Å². The smallest absolute Gasteiger partial charge is 0.224 e. The van der Waals surface area contributed by atoms with Gasteiger partial charge in [0, 0.05) is 27.2 Å². The number of nitrogens with zero attached hydrogens (tertiary/aromatic N) is 1. The largest absolute Gasteiger partial charge is 0.371 e. The summed E-state index contributed by atoms with van der Waals surface area (Å²) in [5.41, 5.74) is 1.41. The van der Waals surface area contributed by atoms with Crippen LogP contribution in [0.3, 0.4) is 0 Å². The van der Waals surface area contributed by atoms with E-state index in [-0.39, 0.29) is 17.6 Å². The average Bonchev–Trinajstić information content (AvgIpc) is 2.38. The molecule has 0 saturated carbocycles. The van der Waals surface area contributed by atoms with Gasteiger partial charge in [0.2, 0.25) is 5.91 Å². The molecule has 2 N–H and O–H groups in total. The molecule has 1 aromatic rings. The predicted molar refractivity (Wildman–Crippen MR) is 75.7 cm³/mol. The van der Waals surface area contributed by atoms with E-state index in [2.05, 4.69) is 10.6 Å². The number of anilines is 1. The Morgan fingerprint density at radius 3 is 2.63 bits per heavy atom. The fraction of sp³-hybridized carbons (Fsp3) is 0.500. The fourth-order valence-corrected chi connectivity index (χ4v) is 2.01. The number of carbonyl (C=O) groups is 1. The first kappa shape index (κ1) is 15.4. The zero-order valence-electron chi connectivity index (χ0n) is 12.0. The molecule has 0 aliphatic heterocycles. The van der Waals surface area contributed by atoms with Gasteiger partial charge in [0.05, 0.1) is 11.6 Å². The third-order valence-corrected chi connectivity index (χ3v) is 3.05. The first-order chi connectivity index (χ1) is 8.99. The third kappa shape index (κ3) is 4.21. The standard InChI is InChI=1S/C14H22FN3O/c1-10(14(19)17-3)9-18(4)13-6-5-11(8-16-2)7-12(13)15/h5-7,10,16H,8-9H2,1-4H3,(H,17,19). The summed E-state index contributed by atoms with van der Waals surface area (Å²) in [6, 6.07) is 5.15. The molecule has 5 heteroatoms. The maximum atomic E-state index is 14.0. The molecular weight excluding hydrogens is 245 g/mol. The average molecular weight is 267 g/mol. The minimum Gasteiger partial charge on any atom is -0.371 e. The van der Waals surface area contributed by atoms with Gasteiger partial charge >= 0.3 is 0 Å². The van der Waals surface area contributed by atoms with Crippen molar-refractivity contribution >= 4 is 11.6 Å². The van der Waals surface area contributed by atoms with Gasteiger partial charge in [-0.2, -0.15) is 0 Å². The molecule has 1 rings (SSSR count). The van der Waals surface area contributed by atoms with Crippen molar-refractivity contribution in [2.45, 2.75) is 13.5 Å². The Kier molecular flexibility index (Phi) is 5.76. The molecule has 0 bridgehead atoms. The van der Waals surface area contributed by atoms with E-state index in [1.807, 2.05) is 20.0 Å². The highest BCUT2D eigenvalue weighted by Gasteiger charge is 2.16. The van der Waals surface area contributed by atoms with Crippen LogP contribution >= 0.6 is 0 Å². The van der Waals surface area contributed by atoms with Crippen LogP contribution in [0.5, 0.6) is 0 Å². The van der Waals surface area contributed by atoms with E-state index in [4.69, 9.17) is 0 Å². The van der Waals surface area contributed by atoms with Crippen LogP contribution in [0.1, 0.15) is 12.5 Å². The highest BCUT2D eigenvalue weighted by molar-refractivity contribution is 5.78. The van der Waals surface area contributed by atoms with Gasteiger partial charge in [0.15, 0.2) is 0 Å². The van der Waals surface area contributed by atoms with E-state index >= 15 is 0 Å². The summed E-state index contributed by atoms with van der Waals surface area (Å²) in [4.78, 5) is 13.2. The van der Waals surface area contributed by atoms with E-state index in [0.717, 1.165) is 5.56 Å². The molecule has 106 valence electrons. The topological polar surface area (TPSA) is 44.4 Å². The summed E-state index contributed by atoms with van der Waals surface area (Å²) in [6.07, 6.45) is 0. The van der Waals surface area contributed by atoms with Gasteiger partial charge in [-0.15, -0.1) is 0 Å².